The maximum absolute atomic E-state index is 12.7. The zero-order valence-corrected chi connectivity index (χ0v) is 20.4. The highest BCUT2D eigenvalue weighted by Crippen LogP contribution is 2.28. The van der Waals surface area contributed by atoms with Crippen molar-refractivity contribution < 1.29 is 19.8 Å². The van der Waals surface area contributed by atoms with Crippen LogP contribution in [0, 0.1) is 0 Å². The number of amides is 1. The second-order valence-corrected chi connectivity index (χ2v) is 8.88. The van der Waals surface area contributed by atoms with E-state index in [2.05, 4.69) is 11.4 Å². The monoisotopic (exact) mass is 503 g/mol. The number of fused-ring (bicyclic) bond motifs is 1. The number of hydrogen-bond donors (Lipinski definition) is 3. The summed E-state index contributed by atoms with van der Waals surface area (Å²) in [5, 5.41) is 28.6. The summed E-state index contributed by atoms with van der Waals surface area (Å²) in [5.41, 5.74) is 3.86. The summed E-state index contributed by atoms with van der Waals surface area (Å²) in [7, 11) is 0. The van der Waals surface area contributed by atoms with Gasteiger partial charge in [-0.05, 0) is 52.7 Å². The minimum atomic E-state index is -1.14. The summed E-state index contributed by atoms with van der Waals surface area (Å²) < 4.78 is 1.76. The highest BCUT2D eigenvalue weighted by molar-refractivity contribution is 5.95. The zero-order chi connectivity index (χ0) is 26.5. The Morgan fingerprint density at radius 1 is 0.895 bits per heavy atom. The van der Waals surface area contributed by atoms with E-state index in [1.807, 2.05) is 72.9 Å². The molecule has 5 aromatic rings. The summed E-state index contributed by atoms with van der Waals surface area (Å²) in [4.78, 5) is 24.5. The van der Waals surface area contributed by atoms with E-state index in [-0.39, 0.29) is 12.2 Å². The van der Waals surface area contributed by atoms with Gasteiger partial charge in [0.25, 0.3) is 0 Å². The van der Waals surface area contributed by atoms with Gasteiger partial charge in [-0.25, -0.2) is 9.48 Å². The van der Waals surface area contributed by atoms with Crippen molar-refractivity contribution in [2.45, 2.75) is 12.5 Å². The minimum absolute atomic E-state index is 0.0868. The summed E-state index contributed by atoms with van der Waals surface area (Å²) in [6, 6.07) is 28.9. The molecule has 0 aliphatic rings. The van der Waals surface area contributed by atoms with Gasteiger partial charge >= 0.3 is 5.97 Å². The molecule has 188 valence electrons. The van der Waals surface area contributed by atoms with Gasteiger partial charge in [0.05, 0.1) is 11.4 Å². The third kappa shape index (κ3) is 5.63. The average molecular weight is 504 g/mol. The summed E-state index contributed by atoms with van der Waals surface area (Å²) in [6.07, 6.45) is 4.90. The maximum Gasteiger partial charge on any atom is 0.326 e. The summed E-state index contributed by atoms with van der Waals surface area (Å²) in [5.74, 6) is -1.59. The van der Waals surface area contributed by atoms with Crippen LogP contribution in [0.5, 0.6) is 5.75 Å². The van der Waals surface area contributed by atoms with Gasteiger partial charge in [0.1, 0.15) is 11.8 Å². The fourth-order valence-electron chi connectivity index (χ4n) is 4.24. The lowest BCUT2D eigenvalue weighted by atomic mass is 10.0. The van der Waals surface area contributed by atoms with Gasteiger partial charge in [-0.15, -0.1) is 0 Å². The molecule has 0 fully saturated rings. The number of carboxylic acid groups (broad SMARTS) is 1. The predicted molar refractivity (Wildman–Crippen MR) is 147 cm³/mol. The van der Waals surface area contributed by atoms with Crippen molar-refractivity contribution in [3.63, 3.8) is 0 Å². The molecule has 0 spiro atoms. The Morgan fingerprint density at radius 3 is 2.34 bits per heavy atom. The van der Waals surface area contributed by atoms with Crippen LogP contribution in [0.3, 0.4) is 0 Å². The molecule has 0 unspecified atom stereocenters. The molecule has 4 aromatic carbocycles. The molecule has 1 atom stereocenters. The number of nitrogens with zero attached hydrogens (tertiary/aromatic N) is 2. The number of hydrogen-bond acceptors (Lipinski definition) is 4. The Labute approximate surface area is 219 Å². The lowest BCUT2D eigenvalue weighted by Gasteiger charge is -2.13. The molecule has 1 aromatic heterocycles. The molecule has 0 saturated carbocycles. The van der Waals surface area contributed by atoms with Gasteiger partial charge in [0.2, 0.25) is 5.91 Å². The fraction of sp³-hybridized carbons (Fsp3) is 0.0645. The van der Waals surface area contributed by atoms with Crippen LogP contribution in [0.15, 0.2) is 109 Å². The predicted octanol–water partition coefficient (Wildman–Crippen LogP) is 5.22. The number of rotatable bonds is 8. The third-order valence-electron chi connectivity index (χ3n) is 6.19. The number of benzene rings is 4. The van der Waals surface area contributed by atoms with Gasteiger partial charge in [0, 0.05) is 29.8 Å². The first-order valence-corrected chi connectivity index (χ1v) is 12.1. The smallest absolute Gasteiger partial charge is 0.326 e. The molecule has 1 amide bonds. The lowest BCUT2D eigenvalue weighted by Crippen LogP contribution is -2.41. The number of phenols is 1. The molecule has 7 heteroatoms. The van der Waals surface area contributed by atoms with Crippen LogP contribution >= 0.6 is 0 Å². The SMILES string of the molecule is O=C(C=Cc1cn(-c2ccccc2)nc1-c1ccc2ccccc2c1)N[C@H](Cc1ccc(O)cc1)C(=O)O. The zero-order valence-electron chi connectivity index (χ0n) is 20.4. The van der Waals surface area contributed by atoms with E-state index in [1.54, 1.807) is 22.9 Å². The van der Waals surface area contributed by atoms with Crippen LogP contribution in [-0.4, -0.2) is 37.9 Å². The van der Waals surface area contributed by atoms with Crippen LogP contribution in [0.2, 0.25) is 0 Å². The molecule has 38 heavy (non-hydrogen) atoms. The average Bonchev–Trinajstić information content (AvgIpc) is 3.37. The topological polar surface area (TPSA) is 104 Å². The molecule has 0 aliphatic heterocycles. The van der Waals surface area contributed by atoms with Gasteiger partial charge in [0.15, 0.2) is 0 Å². The number of carbonyl (C=O) groups excluding carboxylic acids is 1. The molecule has 5 rings (SSSR count). The van der Waals surface area contributed by atoms with Gasteiger partial charge in [-0.1, -0.05) is 66.7 Å². The Balaban J connectivity index is 1.43. The number of aromatic nitrogens is 2. The van der Waals surface area contributed by atoms with Gasteiger partial charge in [-0.3, -0.25) is 4.79 Å². The molecular formula is C31H25N3O4. The van der Waals surface area contributed by atoms with E-state index in [0.717, 1.165) is 22.0 Å². The quantitative estimate of drug-likeness (QED) is 0.252. The first kappa shape index (κ1) is 24.5. The number of aromatic hydroxyl groups is 1. The summed E-state index contributed by atoms with van der Waals surface area (Å²) >= 11 is 0. The molecule has 3 N–H and O–H groups in total. The second-order valence-electron chi connectivity index (χ2n) is 8.88. The van der Waals surface area contributed by atoms with Crippen molar-refractivity contribution >= 4 is 28.7 Å². The first-order chi connectivity index (χ1) is 18.5. The van der Waals surface area contributed by atoms with Crippen molar-refractivity contribution in [2.75, 3.05) is 0 Å². The van der Waals surface area contributed by atoms with E-state index in [9.17, 15) is 19.8 Å². The highest BCUT2D eigenvalue weighted by atomic mass is 16.4. The molecular weight excluding hydrogens is 478 g/mol. The number of para-hydroxylation sites is 1. The van der Waals surface area contributed by atoms with Crippen LogP contribution in [0.4, 0.5) is 0 Å². The second kappa shape index (κ2) is 10.8. The fourth-order valence-corrected chi connectivity index (χ4v) is 4.24. The largest absolute Gasteiger partial charge is 0.508 e. The molecule has 0 bridgehead atoms. The first-order valence-electron chi connectivity index (χ1n) is 12.1. The van der Waals surface area contributed by atoms with Crippen LogP contribution in [0.25, 0.3) is 33.8 Å². The molecule has 7 nitrogen and oxygen atoms in total. The van der Waals surface area contributed by atoms with E-state index in [0.29, 0.717) is 16.8 Å². The van der Waals surface area contributed by atoms with Crippen molar-refractivity contribution in [1.29, 1.82) is 0 Å². The molecule has 1 heterocycles. The lowest BCUT2D eigenvalue weighted by molar-refractivity contribution is -0.141. The van der Waals surface area contributed by atoms with Crippen molar-refractivity contribution in [3.8, 4) is 22.7 Å². The van der Waals surface area contributed by atoms with Crippen molar-refractivity contribution in [3.05, 3.63) is 120 Å². The third-order valence-corrected chi connectivity index (χ3v) is 6.19. The van der Waals surface area contributed by atoms with Crippen molar-refractivity contribution in [1.82, 2.24) is 15.1 Å². The van der Waals surface area contributed by atoms with E-state index in [1.165, 1.54) is 18.2 Å². The minimum Gasteiger partial charge on any atom is -0.508 e. The Morgan fingerprint density at radius 2 is 1.61 bits per heavy atom. The van der Waals surface area contributed by atoms with Crippen LogP contribution < -0.4 is 5.32 Å². The van der Waals surface area contributed by atoms with Crippen LogP contribution in [-0.2, 0) is 16.0 Å². The molecule has 0 radical (unpaired) electrons. The van der Waals surface area contributed by atoms with E-state index >= 15 is 0 Å². The maximum atomic E-state index is 12.7. The molecule has 0 saturated heterocycles. The van der Waals surface area contributed by atoms with E-state index in [4.69, 9.17) is 5.10 Å². The number of carbonyl (C=O) groups is 2. The normalized spacial score (nSPS) is 12.0. The Hall–Kier alpha value is -5.17. The number of phenolic OH excluding ortho intramolecular Hbond substituents is 1. The number of carboxylic acids is 1. The van der Waals surface area contributed by atoms with Gasteiger partial charge < -0.3 is 15.5 Å². The standard InChI is InChI=1S/C31H25N3O4/c35-27-15-10-21(11-16-27)18-28(31(37)38)32-29(36)17-14-25-20-34(26-8-2-1-3-9-26)33-30(25)24-13-12-22-6-4-5-7-23(22)19-24/h1-17,19-20,28,35H,18H2,(H,32,36)(H,37,38)/t28-/m1/s1. The Kier molecular flexibility index (Phi) is 6.99. The van der Waals surface area contributed by atoms with E-state index < -0.39 is 17.9 Å². The van der Waals surface area contributed by atoms with Crippen LogP contribution in [0.1, 0.15) is 11.1 Å². The number of aliphatic carboxylic acids is 1. The summed E-state index contributed by atoms with van der Waals surface area (Å²) in [6.45, 7) is 0. The number of nitrogens with one attached hydrogen (secondary N) is 1. The van der Waals surface area contributed by atoms with Gasteiger partial charge in [-0.2, -0.15) is 5.10 Å². The molecule has 0 aliphatic carbocycles. The van der Waals surface area contributed by atoms with Crippen molar-refractivity contribution in [2.24, 2.45) is 0 Å². The Bertz CT molecular complexity index is 1620. The highest BCUT2D eigenvalue weighted by Gasteiger charge is 2.20.